The number of rotatable bonds is 6. The van der Waals surface area contributed by atoms with Crippen LogP contribution in [0.15, 0.2) is 28.7 Å². The molecule has 114 valence electrons. The Morgan fingerprint density at radius 3 is 2.57 bits per heavy atom. The number of aryl methyl sites for hydroxylation is 2. The highest BCUT2D eigenvalue weighted by Crippen LogP contribution is 2.36. The Labute approximate surface area is 139 Å². The maximum atomic E-state index is 5.59. The van der Waals surface area contributed by atoms with Crippen LogP contribution in [-0.4, -0.2) is 13.7 Å². The van der Waals surface area contributed by atoms with Crippen molar-refractivity contribution in [2.24, 2.45) is 0 Å². The van der Waals surface area contributed by atoms with Gasteiger partial charge in [-0.15, -0.1) is 11.3 Å². The summed E-state index contributed by atoms with van der Waals surface area (Å²) in [6.45, 7) is 7.53. The highest BCUT2D eigenvalue weighted by Gasteiger charge is 2.21. The molecule has 0 amide bonds. The number of halogens is 1. The van der Waals surface area contributed by atoms with Crippen LogP contribution >= 0.6 is 27.3 Å². The van der Waals surface area contributed by atoms with E-state index in [0.717, 1.165) is 23.2 Å². The van der Waals surface area contributed by atoms with Crippen LogP contribution in [0.25, 0.3) is 0 Å². The monoisotopic (exact) mass is 367 g/mol. The second-order valence-electron chi connectivity index (χ2n) is 5.14. The average Bonchev–Trinajstić information content (AvgIpc) is 2.79. The smallest absolute Gasteiger partial charge is 0.125 e. The Hall–Kier alpha value is -0.840. The van der Waals surface area contributed by atoms with Crippen molar-refractivity contribution in [2.45, 2.75) is 33.2 Å². The van der Waals surface area contributed by atoms with Crippen LogP contribution < -0.4 is 10.1 Å². The molecule has 0 saturated carbocycles. The summed E-state index contributed by atoms with van der Waals surface area (Å²) >= 11 is 5.37. The first-order valence-electron chi connectivity index (χ1n) is 7.20. The normalized spacial score (nSPS) is 12.4. The number of benzene rings is 1. The van der Waals surface area contributed by atoms with E-state index >= 15 is 0 Å². The zero-order valence-electron chi connectivity index (χ0n) is 13.0. The summed E-state index contributed by atoms with van der Waals surface area (Å²) in [5, 5.41) is 3.66. The second-order valence-corrected chi connectivity index (χ2v) is 7.52. The van der Waals surface area contributed by atoms with Gasteiger partial charge in [-0.25, -0.2) is 0 Å². The van der Waals surface area contributed by atoms with Crippen molar-refractivity contribution >= 4 is 27.3 Å². The summed E-state index contributed by atoms with van der Waals surface area (Å²) in [6, 6.07) is 8.72. The van der Waals surface area contributed by atoms with Crippen LogP contribution in [0.5, 0.6) is 5.75 Å². The highest BCUT2D eigenvalue weighted by molar-refractivity contribution is 9.10. The molecule has 0 aliphatic rings. The van der Waals surface area contributed by atoms with Gasteiger partial charge < -0.3 is 10.1 Å². The molecular formula is C17H22BrNOS. The van der Waals surface area contributed by atoms with E-state index in [4.69, 9.17) is 4.74 Å². The van der Waals surface area contributed by atoms with E-state index in [0.29, 0.717) is 0 Å². The van der Waals surface area contributed by atoms with Gasteiger partial charge in [-0.05, 0) is 50.6 Å². The predicted octanol–water partition coefficient (Wildman–Crippen LogP) is 5.23. The number of ether oxygens (including phenoxy) is 1. The Kier molecular flexibility index (Phi) is 5.85. The molecular weight excluding hydrogens is 346 g/mol. The molecule has 1 unspecified atom stereocenters. The van der Waals surface area contributed by atoms with E-state index in [2.05, 4.69) is 60.2 Å². The summed E-state index contributed by atoms with van der Waals surface area (Å²) in [4.78, 5) is 2.72. The number of nitrogens with one attached hydrogen (secondary N) is 1. The van der Waals surface area contributed by atoms with Crippen molar-refractivity contribution in [3.8, 4) is 5.75 Å². The van der Waals surface area contributed by atoms with E-state index < -0.39 is 0 Å². The topological polar surface area (TPSA) is 21.3 Å². The van der Waals surface area contributed by atoms with Gasteiger partial charge in [-0.2, -0.15) is 0 Å². The fourth-order valence-electron chi connectivity index (χ4n) is 2.54. The van der Waals surface area contributed by atoms with Crippen LogP contribution in [0.3, 0.4) is 0 Å². The lowest BCUT2D eigenvalue weighted by atomic mass is 9.98. The SMILES string of the molecule is CCCNC(c1ccc(Br)cc1OC)c1cc(C)sc1C. The van der Waals surface area contributed by atoms with Crippen molar-refractivity contribution < 1.29 is 4.74 Å². The summed E-state index contributed by atoms with van der Waals surface area (Å²) < 4.78 is 6.63. The molecule has 1 aromatic carbocycles. The summed E-state index contributed by atoms with van der Waals surface area (Å²) in [5.41, 5.74) is 2.54. The van der Waals surface area contributed by atoms with Gasteiger partial charge in [0.15, 0.2) is 0 Å². The first-order chi connectivity index (χ1) is 10.1. The predicted molar refractivity (Wildman–Crippen MR) is 94.6 cm³/mol. The van der Waals surface area contributed by atoms with Crippen LogP contribution in [0.4, 0.5) is 0 Å². The van der Waals surface area contributed by atoms with Crippen LogP contribution in [-0.2, 0) is 0 Å². The zero-order valence-corrected chi connectivity index (χ0v) is 15.4. The van der Waals surface area contributed by atoms with Crippen molar-refractivity contribution in [3.63, 3.8) is 0 Å². The average molecular weight is 368 g/mol. The Balaban J connectivity index is 2.47. The van der Waals surface area contributed by atoms with Gasteiger partial charge in [0.2, 0.25) is 0 Å². The largest absolute Gasteiger partial charge is 0.496 e. The molecule has 4 heteroatoms. The Bertz CT molecular complexity index is 609. The lowest BCUT2D eigenvalue weighted by Crippen LogP contribution is -2.23. The molecule has 1 heterocycles. The fourth-order valence-corrected chi connectivity index (χ4v) is 3.84. The Morgan fingerprint density at radius 2 is 2.00 bits per heavy atom. The number of thiophene rings is 1. The van der Waals surface area contributed by atoms with Crippen LogP contribution in [0.1, 0.15) is 40.3 Å². The number of methoxy groups -OCH3 is 1. The van der Waals surface area contributed by atoms with Crippen molar-refractivity contribution in [2.75, 3.05) is 13.7 Å². The molecule has 2 aromatic rings. The third-order valence-corrected chi connectivity index (χ3v) is 4.97. The first-order valence-corrected chi connectivity index (χ1v) is 8.81. The van der Waals surface area contributed by atoms with Gasteiger partial charge in [0.05, 0.1) is 13.2 Å². The van der Waals surface area contributed by atoms with E-state index in [1.54, 1.807) is 7.11 Å². The van der Waals surface area contributed by atoms with Crippen molar-refractivity contribution in [1.29, 1.82) is 0 Å². The molecule has 0 radical (unpaired) electrons. The first kappa shape index (κ1) is 16.5. The highest BCUT2D eigenvalue weighted by atomic mass is 79.9. The van der Waals surface area contributed by atoms with E-state index in [9.17, 15) is 0 Å². The minimum Gasteiger partial charge on any atom is -0.496 e. The second kappa shape index (κ2) is 7.43. The molecule has 2 nitrogen and oxygen atoms in total. The molecule has 0 spiro atoms. The molecule has 0 fully saturated rings. The molecule has 21 heavy (non-hydrogen) atoms. The van der Waals surface area contributed by atoms with Gasteiger partial charge >= 0.3 is 0 Å². The summed E-state index contributed by atoms with van der Waals surface area (Å²) in [6.07, 6.45) is 1.11. The van der Waals surface area contributed by atoms with Crippen molar-refractivity contribution in [1.82, 2.24) is 5.32 Å². The van der Waals surface area contributed by atoms with Crippen molar-refractivity contribution in [3.05, 3.63) is 49.6 Å². The molecule has 1 aromatic heterocycles. The van der Waals surface area contributed by atoms with E-state index in [-0.39, 0.29) is 6.04 Å². The standard InChI is InChI=1S/C17H22BrNOS/c1-5-8-19-17(15-9-11(2)21-12(15)3)14-7-6-13(18)10-16(14)20-4/h6-7,9-10,17,19H,5,8H2,1-4H3. The van der Waals surface area contributed by atoms with Gasteiger partial charge in [-0.1, -0.05) is 28.9 Å². The molecule has 1 N–H and O–H groups in total. The molecule has 0 bridgehead atoms. The number of hydrogen-bond donors (Lipinski definition) is 1. The minimum absolute atomic E-state index is 0.179. The maximum absolute atomic E-state index is 5.59. The Morgan fingerprint density at radius 1 is 1.24 bits per heavy atom. The maximum Gasteiger partial charge on any atom is 0.125 e. The molecule has 0 saturated heterocycles. The van der Waals surface area contributed by atoms with Gasteiger partial charge in [0, 0.05) is 19.8 Å². The van der Waals surface area contributed by atoms with Crippen LogP contribution in [0.2, 0.25) is 0 Å². The lowest BCUT2D eigenvalue weighted by molar-refractivity contribution is 0.403. The summed E-state index contributed by atoms with van der Waals surface area (Å²) in [5.74, 6) is 0.918. The molecule has 1 atom stereocenters. The van der Waals surface area contributed by atoms with Gasteiger partial charge in [-0.3, -0.25) is 0 Å². The molecule has 0 aliphatic heterocycles. The minimum atomic E-state index is 0.179. The van der Waals surface area contributed by atoms with E-state index in [1.807, 2.05) is 17.4 Å². The molecule has 2 rings (SSSR count). The quantitative estimate of drug-likeness (QED) is 0.754. The third kappa shape index (κ3) is 3.87. The lowest BCUT2D eigenvalue weighted by Gasteiger charge is -2.22. The fraction of sp³-hybridized carbons (Fsp3) is 0.412. The zero-order chi connectivity index (χ0) is 15.4. The van der Waals surface area contributed by atoms with Gasteiger partial charge in [0.25, 0.3) is 0 Å². The summed E-state index contributed by atoms with van der Waals surface area (Å²) in [7, 11) is 1.73. The van der Waals surface area contributed by atoms with Gasteiger partial charge in [0.1, 0.15) is 5.75 Å². The number of hydrogen-bond acceptors (Lipinski definition) is 3. The van der Waals surface area contributed by atoms with E-state index in [1.165, 1.54) is 20.9 Å². The molecule has 0 aliphatic carbocycles. The third-order valence-electron chi connectivity index (χ3n) is 3.50. The van der Waals surface area contributed by atoms with Crippen LogP contribution in [0, 0.1) is 13.8 Å².